The summed E-state index contributed by atoms with van der Waals surface area (Å²) < 4.78 is 27.4. The first-order valence-electron chi connectivity index (χ1n) is 7.21. The topological polar surface area (TPSA) is 71.1 Å². The number of nitrogens with zero attached hydrogens (tertiary/aromatic N) is 1. The smallest absolute Gasteiger partial charge is 0.242 e. The molecule has 0 unspecified atom stereocenters. The van der Waals surface area contributed by atoms with Gasteiger partial charge in [0.05, 0.1) is 0 Å². The summed E-state index contributed by atoms with van der Waals surface area (Å²) >= 11 is 0. The molecule has 1 aromatic heterocycles. The Hall–Kier alpha value is -1.14. The molecular formula is C14H23N3O2S. The van der Waals surface area contributed by atoms with Crippen LogP contribution in [0.5, 0.6) is 0 Å². The Labute approximate surface area is 121 Å². The third kappa shape index (κ3) is 3.70. The third-order valence-corrected chi connectivity index (χ3v) is 5.55. The number of rotatable bonds is 5. The summed E-state index contributed by atoms with van der Waals surface area (Å²) in [4.78, 5) is 4.28. The maximum absolute atomic E-state index is 12.3. The van der Waals surface area contributed by atoms with Gasteiger partial charge in [-0.15, -0.1) is 0 Å². The van der Waals surface area contributed by atoms with Crippen LogP contribution in [0.3, 0.4) is 0 Å². The van der Waals surface area contributed by atoms with E-state index >= 15 is 0 Å². The first-order chi connectivity index (χ1) is 9.55. The second kappa shape index (κ2) is 6.54. The van der Waals surface area contributed by atoms with E-state index in [1.165, 1.54) is 12.6 Å². The van der Waals surface area contributed by atoms with Gasteiger partial charge in [-0.25, -0.2) is 18.1 Å². The van der Waals surface area contributed by atoms with Gasteiger partial charge >= 0.3 is 0 Å². The average molecular weight is 297 g/mol. The van der Waals surface area contributed by atoms with Crippen LogP contribution in [0.15, 0.2) is 23.2 Å². The van der Waals surface area contributed by atoms with Crippen molar-refractivity contribution >= 4 is 15.8 Å². The number of nitrogens with one attached hydrogen (secondary N) is 2. The van der Waals surface area contributed by atoms with Crippen molar-refractivity contribution < 1.29 is 8.42 Å². The van der Waals surface area contributed by atoms with E-state index in [1.807, 2.05) is 0 Å². The lowest BCUT2D eigenvalue weighted by molar-refractivity contribution is 0.306. The molecule has 0 saturated heterocycles. The fourth-order valence-corrected chi connectivity index (χ4v) is 3.91. The maximum atomic E-state index is 12.3. The van der Waals surface area contributed by atoms with E-state index in [2.05, 4.69) is 21.9 Å². The van der Waals surface area contributed by atoms with Crippen LogP contribution in [0.4, 0.5) is 5.82 Å². The molecule has 0 spiro atoms. The lowest BCUT2D eigenvalue weighted by atomic mass is 9.85. The minimum atomic E-state index is -3.45. The predicted molar refractivity (Wildman–Crippen MR) is 80.1 cm³/mol. The van der Waals surface area contributed by atoms with E-state index in [4.69, 9.17) is 0 Å². The molecule has 1 saturated carbocycles. The fraction of sp³-hybridized carbons (Fsp3) is 0.643. The zero-order valence-corrected chi connectivity index (χ0v) is 12.9. The number of aromatic nitrogens is 1. The molecular weight excluding hydrogens is 274 g/mol. The van der Waals surface area contributed by atoms with Gasteiger partial charge in [0, 0.05) is 19.3 Å². The van der Waals surface area contributed by atoms with Gasteiger partial charge in [0.1, 0.15) is 10.7 Å². The molecule has 20 heavy (non-hydrogen) atoms. The van der Waals surface area contributed by atoms with E-state index in [1.54, 1.807) is 19.2 Å². The maximum Gasteiger partial charge on any atom is 0.242 e. The van der Waals surface area contributed by atoms with Crippen molar-refractivity contribution in [1.29, 1.82) is 0 Å². The summed E-state index contributed by atoms with van der Waals surface area (Å²) in [6.45, 7) is 2.20. The second-order valence-electron chi connectivity index (χ2n) is 5.38. The van der Waals surface area contributed by atoms with Crippen LogP contribution in [0.1, 0.15) is 39.0 Å². The summed E-state index contributed by atoms with van der Waals surface area (Å²) in [5.74, 6) is 1.42. The first kappa shape index (κ1) is 15.3. The van der Waals surface area contributed by atoms with Crippen molar-refractivity contribution in [3.8, 4) is 0 Å². The van der Waals surface area contributed by atoms with Gasteiger partial charge in [0.15, 0.2) is 0 Å². The van der Waals surface area contributed by atoms with Gasteiger partial charge in [-0.3, -0.25) is 0 Å². The van der Waals surface area contributed by atoms with Crippen LogP contribution < -0.4 is 10.0 Å². The Morgan fingerprint density at radius 2 is 1.95 bits per heavy atom. The Morgan fingerprint density at radius 1 is 1.25 bits per heavy atom. The second-order valence-corrected chi connectivity index (χ2v) is 7.09. The molecule has 0 aromatic carbocycles. The summed E-state index contributed by atoms with van der Waals surface area (Å²) in [6.07, 6.45) is 6.67. The van der Waals surface area contributed by atoms with Gasteiger partial charge < -0.3 is 5.32 Å². The van der Waals surface area contributed by atoms with E-state index in [0.717, 1.165) is 31.6 Å². The standard InChI is InChI=1S/C14H23N3O2S/c1-3-11-4-6-12(7-5-11)17-20(18,19)13-8-9-14(15-2)16-10-13/h8-12,17H,3-7H2,1-2H3,(H,15,16). The molecule has 2 rings (SSSR count). The summed E-state index contributed by atoms with van der Waals surface area (Å²) in [5, 5.41) is 2.87. The van der Waals surface area contributed by atoms with E-state index in [0.29, 0.717) is 5.82 Å². The van der Waals surface area contributed by atoms with Crippen LogP contribution in [0.25, 0.3) is 0 Å². The Morgan fingerprint density at radius 3 is 2.45 bits per heavy atom. The highest BCUT2D eigenvalue weighted by Crippen LogP contribution is 2.27. The zero-order valence-electron chi connectivity index (χ0n) is 12.1. The summed E-state index contributed by atoms with van der Waals surface area (Å²) in [5.41, 5.74) is 0. The molecule has 112 valence electrons. The highest BCUT2D eigenvalue weighted by atomic mass is 32.2. The molecule has 5 nitrogen and oxygen atoms in total. The van der Waals surface area contributed by atoms with E-state index < -0.39 is 10.0 Å². The number of pyridine rings is 1. The normalized spacial score (nSPS) is 23.5. The number of anilines is 1. The van der Waals surface area contributed by atoms with Gasteiger partial charge in [0.2, 0.25) is 10.0 Å². The lowest BCUT2D eigenvalue weighted by Crippen LogP contribution is -2.37. The minimum Gasteiger partial charge on any atom is -0.373 e. The van der Waals surface area contributed by atoms with Crippen LogP contribution >= 0.6 is 0 Å². The van der Waals surface area contributed by atoms with Crippen molar-refractivity contribution in [3.05, 3.63) is 18.3 Å². The molecule has 0 amide bonds. The number of hydrogen-bond acceptors (Lipinski definition) is 4. The summed E-state index contributed by atoms with van der Waals surface area (Å²) in [7, 11) is -1.70. The SMILES string of the molecule is CCC1CCC(NS(=O)(=O)c2ccc(NC)nc2)CC1. The molecule has 1 heterocycles. The highest BCUT2D eigenvalue weighted by Gasteiger charge is 2.25. The molecule has 2 N–H and O–H groups in total. The lowest BCUT2D eigenvalue weighted by Gasteiger charge is -2.28. The van der Waals surface area contributed by atoms with E-state index in [-0.39, 0.29) is 10.9 Å². The number of hydrogen-bond donors (Lipinski definition) is 2. The molecule has 1 aliphatic carbocycles. The van der Waals surface area contributed by atoms with Crippen molar-refractivity contribution in [2.45, 2.75) is 50.0 Å². The van der Waals surface area contributed by atoms with Crippen LogP contribution in [-0.4, -0.2) is 26.5 Å². The van der Waals surface area contributed by atoms with Gasteiger partial charge in [0.25, 0.3) is 0 Å². The van der Waals surface area contributed by atoms with Crippen molar-refractivity contribution in [2.75, 3.05) is 12.4 Å². The Balaban J connectivity index is 2.00. The molecule has 0 aliphatic heterocycles. The molecule has 0 atom stereocenters. The zero-order chi connectivity index (χ0) is 14.6. The van der Waals surface area contributed by atoms with Crippen molar-refractivity contribution in [1.82, 2.24) is 9.71 Å². The van der Waals surface area contributed by atoms with E-state index in [9.17, 15) is 8.42 Å². The van der Waals surface area contributed by atoms with Crippen molar-refractivity contribution in [2.24, 2.45) is 5.92 Å². The van der Waals surface area contributed by atoms with Crippen molar-refractivity contribution in [3.63, 3.8) is 0 Å². The first-order valence-corrected chi connectivity index (χ1v) is 8.69. The molecule has 6 heteroatoms. The predicted octanol–water partition coefficient (Wildman–Crippen LogP) is 2.37. The minimum absolute atomic E-state index is 0.0618. The van der Waals surface area contributed by atoms with Gasteiger partial charge in [-0.2, -0.15) is 0 Å². The summed E-state index contributed by atoms with van der Waals surface area (Å²) in [6, 6.07) is 3.31. The van der Waals surface area contributed by atoms with Crippen LogP contribution in [-0.2, 0) is 10.0 Å². The molecule has 0 bridgehead atoms. The largest absolute Gasteiger partial charge is 0.373 e. The average Bonchev–Trinajstić information content (AvgIpc) is 2.48. The monoisotopic (exact) mass is 297 g/mol. The van der Waals surface area contributed by atoms with Gasteiger partial charge in [-0.1, -0.05) is 13.3 Å². The quantitative estimate of drug-likeness (QED) is 0.875. The van der Waals surface area contributed by atoms with Crippen LogP contribution in [0.2, 0.25) is 0 Å². The highest BCUT2D eigenvalue weighted by molar-refractivity contribution is 7.89. The Kier molecular flexibility index (Phi) is 4.99. The number of sulfonamides is 1. The fourth-order valence-electron chi connectivity index (χ4n) is 2.66. The van der Waals surface area contributed by atoms with Gasteiger partial charge in [-0.05, 0) is 43.7 Å². The Bertz CT molecular complexity index is 520. The third-order valence-electron chi connectivity index (χ3n) is 4.05. The molecule has 0 radical (unpaired) electrons. The van der Waals surface area contributed by atoms with Crippen LogP contribution in [0, 0.1) is 5.92 Å². The molecule has 1 aromatic rings. The molecule has 1 aliphatic rings. The molecule has 1 fully saturated rings.